The SMILES string of the molecule is C=C/C(=C\C(=C)c1ccc2c(c1)c1cccc3c4ccccc4n2c31)c1cccc(-c2ccccc2)c1. The first-order valence-electron chi connectivity index (χ1n) is 12.6. The molecule has 0 amide bonds. The smallest absolute Gasteiger partial charge is 0.0620 e. The Morgan fingerprint density at radius 1 is 0.568 bits per heavy atom. The van der Waals surface area contributed by atoms with Crippen molar-refractivity contribution < 1.29 is 0 Å². The van der Waals surface area contributed by atoms with E-state index in [0.717, 1.165) is 22.3 Å². The van der Waals surface area contributed by atoms with Crippen LogP contribution in [-0.4, -0.2) is 4.40 Å². The van der Waals surface area contributed by atoms with E-state index in [1.54, 1.807) is 0 Å². The molecule has 0 aliphatic rings. The summed E-state index contributed by atoms with van der Waals surface area (Å²) in [6.07, 6.45) is 4.06. The van der Waals surface area contributed by atoms with E-state index in [0.29, 0.717) is 0 Å². The summed E-state index contributed by atoms with van der Waals surface area (Å²) in [7, 11) is 0. The van der Waals surface area contributed by atoms with Crippen molar-refractivity contribution in [3.63, 3.8) is 0 Å². The summed E-state index contributed by atoms with van der Waals surface area (Å²) < 4.78 is 2.40. The average molecular weight is 472 g/mol. The zero-order chi connectivity index (χ0) is 24.9. The summed E-state index contributed by atoms with van der Waals surface area (Å²) in [5.74, 6) is 0. The Morgan fingerprint density at radius 2 is 1.24 bits per heavy atom. The summed E-state index contributed by atoms with van der Waals surface area (Å²) in [5.41, 5.74) is 10.4. The van der Waals surface area contributed by atoms with Crippen LogP contribution in [0.25, 0.3) is 60.4 Å². The van der Waals surface area contributed by atoms with E-state index in [9.17, 15) is 0 Å². The van der Waals surface area contributed by atoms with Crippen molar-refractivity contribution in [1.82, 2.24) is 4.40 Å². The topological polar surface area (TPSA) is 4.41 Å². The standard InChI is InChI=1S/C36H25N/c1-3-25(28-13-9-14-29(22-28)26-11-5-4-6-12-26)21-24(2)27-19-20-35-33(23-27)32-17-10-16-31-30-15-7-8-18-34(30)37(35)36(31)32/h3-23H,1-2H2/b25-21+. The van der Waals surface area contributed by atoms with Gasteiger partial charge in [-0.25, -0.2) is 0 Å². The van der Waals surface area contributed by atoms with Crippen LogP contribution in [0.3, 0.4) is 0 Å². The van der Waals surface area contributed by atoms with Crippen LogP contribution in [0.5, 0.6) is 0 Å². The summed E-state index contributed by atoms with van der Waals surface area (Å²) in [6, 6.07) is 41.1. The summed E-state index contributed by atoms with van der Waals surface area (Å²) in [4.78, 5) is 0. The molecule has 0 bridgehead atoms. The van der Waals surface area contributed by atoms with Crippen molar-refractivity contribution in [2.24, 2.45) is 0 Å². The van der Waals surface area contributed by atoms with Crippen molar-refractivity contribution in [2.45, 2.75) is 0 Å². The van der Waals surface area contributed by atoms with Gasteiger partial charge in [-0.3, -0.25) is 0 Å². The first-order chi connectivity index (χ1) is 18.2. The zero-order valence-electron chi connectivity index (χ0n) is 20.5. The molecule has 0 saturated carbocycles. The van der Waals surface area contributed by atoms with E-state index >= 15 is 0 Å². The van der Waals surface area contributed by atoms with Crippen LogP contribution in [0.1, 0.15) is 11.1 Å². The van der Waals surface area contributed by atoms with Gasteiger partial charge in [-0.1, -0.05) is 110 Å². The maximum absolute atomic E-state index is 4.45. The Morgan fingerprint density at radius 3 is 2.08 bits per heavy atom. The predicted molar refractivity (Wildman–Crippen MR) is 160 cm³/mol. The molecule has 0 aliphatic heterocycles. The van der Waals surface area contributed by atoms with Gasteiger partial charge in [0.25, 0.3) is 0 Å². The van der Waals surface area contributed by atoms with Crippen LogP contribution in [-0.2, 0) is 0 Å². The molecule has 0 spiro atoms. The molecule has 0 N–H and O–H groups in total. The molecule has 0 atom stereocenters. The quantitative estimate of drug-likeness (QED) is 0.220. The number of nitrogens with zero attached hydrogens (tertiary/aromatic N) is 1. The molecule has 1 heteroatoms. The maximum Gasteiger partial charge on any atom is 0.0620 e. The minimum atomic E-state index is 0.969. The lowest BCUT2D eigenvalue weighted by Gasteiger charge is -2.09. The highest BCUT2D eigenvalue weighted by Crippen LogP contribution is 2.39. The number of rotatable bonds is 5. The third-order valence-corrected chi connectivity index (χ3v) is 7.45. The van der Waals surface area contributed by atoms with Crippen molar-refractivity contribution in [3.05, 3.63) is 152 Å². The van der Waals surface area contributed by atoms with Gasteiger partial charge in [-0.2, -0.15) is 0 Å². The Labute approximate surface area is 216 Å². The molecule has 7 aromatic rings. The fourth-order valence-corrected chi connectivity index (χ4v) is 5.67. The number of fused-ring (bicyclic) bond motifs is 6. The molecule has 0 radical (unpaired) electrons. The van der Waals surface area contributed by atoms with E-state index in [1.165, 1.54) is 49.2 Å². The first kappa shape index (κ1) is 21.4. The van der Waals surface area contributed by atoms with Crippen LogP contribution in [0.15, 0.2) is 141 Å². The molecule has 37 heavy (non-hydrogen) atoms. The van der Waals surface area contributed by atoms with Crippen molar-refractivity contribution in [1.29, 1.82) is 0 Å². The Balaban J connectivity index is 1.33. The maximum atomic E-state index is 4.45. The third-order valence-electron chi connectivity index (χ3n) is 7.45. The van der Waals surface area contributed by atoms with Crippen molar-refractivity contribution >= 4 is 49.2 Å². The summed E-state index contributed by atoms with van der Waals surface area (Å²) in [6.45, 7) is 8.56. The third kappa shape index (κ3) is 3.32. The second-order valence-electron chi connectivity index (χ2n) is 9.56. The predicted octanol–water partition coefficient (Wildman–Crippen LogP) is 9.79. The highest BCUT2D eigenvalue weighted by Gasteiger charge is 2.17. The van der Waals surface area contributed by atoms with Gasteiger partial charge < -0.3 is 4.40 Å². The molecule has 1 nitrogen and oxygen atoms in total. The number of hydrogen-bond donors (Lipinski definition) is 0. The first-order valence-corrected chi connectivity index (χ1v) is 12.6. The lowest BCUT2D eigenvalue weighted by molar-refractivity contribution is 1.37. The van der Waals surface area contributed by atoms with E-state index in [2.05, 4.69) is 133 Å². The minimum Gasteiger partial charge on any atom is -0.308 e. The zero-order valence-corrected chi connectivity index (χ0v) is 20.5. The van der Waals surface area contributed by atoms with Crippen LogP contribution in [0.4, 0.5) is 0 Å². The molecule has 2 aromatic heterocycles. The summed E-state index contributed by atoms with van der Waals surface area (Å²) in [5, 5.41) is 5.14. The molecule has 0 unspecified atom stereocenters. The molecule has 0 aliphatic carbocycles. The number of allylic oxidation sites excluding steroid dienone is 4. The van der Waals surface area contributed by atoms with Crippen molar-refractivity contribution in [3.8, 4) is 11.1 Å². The van der Waals surface area contributed by atoms with Crippen molar-refractivity contribution in [2.75, 3.05) is 0 Å². The second kappa shape index (κ2) is 8.36. The molecule has 174 valence electrons. The number of para-hydroxylation sites is 2. The van der Waals surface area contributed by atoms with E-state index < -0.39 is 0 Å². The van der Waals surface area contributed by atoms with Gasteiger partial charge in [0.05, 0.1) is 16.6 Å². The average Bonchev–Trinajstić information content (AvgIpc) is 3.48. The number of aromatic nitrogens is 1. The van der Waals surface area contributed by atoms with Gasteiger partial charge in [-0.15, -0.1) is 0 Å². The Hall–Kier alpha value is -4.88. The lowest BCUT2D eigenvalue weighted by atomic mass is 9.96. The number of hydrogen-bond acceptors (Lipinski definition) is 0. The molecule has 0 saturated heterocycles. The fourth-order valence-electron chi connectivity index (χ4n) is 5.67. The molecule has 2 heterocycles. The largest absolute Gasteiger partial charge is 0.308 e. The Bertz CT molecular complexity index is 2000. The van der Waals surface area contributed by atoms with Crippen LogP contribution in [0.2, 0.25) is 0 Å². The molecule has 0 fully saturated rings. The molecular formula is C36H25N. The molecular weight excluding hydrogens is 446 g/mol. The van der Waals surface area contributed by atoms with E-state index in [4.69, 9.17) is 0 Å². The van der Waals surface area contributed by atoms with Crippen LogP contribution < -0.4 is 0 Å². The Kier molecular flexibility index (Phi) is 4.84. The van der Waals surface area contributed by atoms with Gasteiger partial charge >= 0.3 is 0 Å². The number of benzene rings is 5. The molecule has 7 rings (SSSR count). The fraction of sp³-hybridized carbons (Fsp3) is 0. The minimum absolute atomic E-state index is 0.969. The normalized spacial score (nSPS) is 12.2. The van der Waals surface area contributed by atoms with Gasteiger partial charge in [0.1, 0.15) is 0 Å². The monoisotopic (exact) mass is 471 g/mol. The van der Waals surface area contributed by atoms with Gasteiger partial charge in [0, 0.05) is 21.5 Å². The highest BCUT2D eigenvalue weighted by atomic mass is 14.9. The van der Waals surface area contributed by atoms with Gasteiger partial charge in [-0.05, 0) is 63.7 Å². The highest BCUT2D eigenvalue weighted by molar-refractivity contribution is 6.23. The van der Waals surface area contributed by atoms with Gasteiger partial charge in [0.15, 0.2) is 0 Å². The second-order valence-corrected chi connectivity index (χ2v) is 9.56. The van der Waals surface area contributed by atoms with Crippen LogP contribution in [0, 0.1) is 0 Å². The van der Waals surface area contributed by atoms with Gasteiger partial charge in [0.2, 0.25) is 0 Å². The van der Waals surface area contributed by atoms with E-state index in [-0.39, 0.29) is 0 Å². The summed E-state index contributed by atoms with van der Waals surface area (Å²) >= 11 is 0. The lowest BCUT2D eigenvalue weighted by Crippen LogP contribution is -1.87. The van der Waals surface area contributed by atoms with Crippen LogP contribution >= 0.6 is 0 Å². The molecule has 5 aromatic carbocycles. The van der Waals surface area contributed by atoms with E-state index in [1.807, 2.05) is 12.1 Å².